The summed E-state index contributed by atoms with van der Waals surface area (Å²) in [4.78, 5) is 11.3. The van der Waals surface area contributed by atoms with E-state index in [1.807, 2.05) is 0 Å². The van der Waals surface area contributed by atoms with E-state index in [0.717, 1.165) is 0 Å². The highest BCUT2D eigenvalue weighted by Gasteiger charge is 2.03. The lowest BCUT2D eigenvalue weighted by Gasteiger charge is -2.10. The average Bonchev–Trinajstić information content (AvgIpc) is 2.59. The minimum absolute atomic E-state index is 0.0734. The Bertz CT molecular complexity index is 873. The molecule has 1 N–H and O–H groups in total. The zero-order chi connectivity index (χ0) is 16.9. The number of nitrogens with zero attached hydrogens (tertiary/aromatic N) is 1. The highest BCUT2D eigenvalue weighted by Crippen LogP contribution is 2.25. The Hall–Kier alpha value is -2.92. The predicted octanol–water partition coefficient (Wildman–Crippen LogP) is 4.11. The van der Waals surface area contributed by atoms with Crippen LogP contribution in [-0.2, 0) is 6.61 Å². The van der Waals surface area contributed by atoms with E-state index in [1.54, 1.807) is 60.7 Å². The molecule has 3 rings (SSSR count). The molecule has 0 spiro atoms. The first-order chi connectivity index (χ1) is 11.6. The van der Waals surface area contributed by atoms with Gasteiger partial charge < -0.3 is 14.7 Å². The number of pyridine rings is 1. The zero-order valence-electron chi connectivity index (χ0n) is 12.6. The lowest BCUT2D eigenvalue weighted by Crippen LogP contribution is -2.20. The Labute approximate surface area is 143 Å². The van der Waals surface area contributed by atoms with Gasteiger partial charge in [-0.15, -0.1) is 4.73 Å². The van der Waals surface area contributed by atoms with Crippen LogP contribution in [-0.4, -0.2) is 9.94 Å². The Balaban J connectivity index is 1.63. The first-order valence-corrected chi connectivity index (χ1v) is 7.56. The van der Waals surface area contributed by atoms with Crippen LogP contribution in [0.3, 0.4) is 0 Å². The van der Waals surface area contributed by atoms with Crippen molar-refractivity contribution in [2.24, 2.45) is 0 Å². The van der Waals surface area contributed by atoms with Gasteiger partial charge in [0.05, 0.1) is 5.69 Å². The van der Waals surface area contributed by atoms with Crippen LogP contribution in [0.15, 0.2) is 71.5 Å². The molecule has 0 saturated carbocycles. The molecule has 0 unspecified atom stereocenters. The Morgan fingerprint density at radius 3 is 2.12 bits per heavy atom. The monoisotopic (exact) mass is 343 g/mol. The van der Waals surface area contributed by atoms with Crippen LogP contribution in [0.5, 0.6) is 17.2 Å². The van der Waals surface area contributed by atoms with E-state index in [-0.39, 0.29) is 6.61 Å². The summed E-state index contributed by atoms with van der Waals surface area (Å²) in [5.41, 5.74) is -0.133. The van der Waals surface area contributed by atoms with Crippen LogP contribution in [0.4, 0.5) is 0 Å². The van der Waals surface area contributed by atoms with E-state index in [0.29, 0.717) is 32.7 Å². The first kappa shape index (κ1) is 16.0. The molecule has 3 aromatic rings. The molecule has 0 bridgehead atoms. The lowest BCUT2D eigenvalue weighted by atomic mass is 10.3. The van der Waals surface area contributed by atoms with E-state index in [4.69, 9.17) is 21.1 Å². The quantitative estimate of drug-likeness (QED) is 0.708. The number of ether oxygens (including phenoxy) is 2. The highest BCUT2D eigenvalue weighted by atomic mass is 35.5. The van der Waals surface area contributed by atoms with E-state index in [9.17, 15) is 10.0 Å². The van der Waals surface area contributed by atoms with Crippen LogP contribution in [0.2, 0.25) is 5.02 Å². The largest absolute Gasteiger partial charge is 0.487 e. The van der Waals surface area contributed by atoms with E-state index >= 15 is 0 Å². The van der Waals surface area contributed by atoms with Crippen LogP contribution < -0.4 is 15.0 Å². The van der Waals surface area contributed by atoms with Crippen LogP contribution >= 0.6 is 11.6 Å². The maximum absolute atomic E-state index is 11.3. The number of hydrogen-bond acceptors (Lipinski definition) is 4. The second-order valence-electron chi connectivity index (χ2n) is 4.98. The molecule has 122 valence electrons. The van der Waals surface area contributed by atoms with Gasteiger partial charge in [0.1, 0.15) is 23.9 Å². The predicted molar refractivity (Wildman–Crippen MR) is 90.2 cm³/mol. The normalized spacial score (nSPS) is 10.4. The van der Waals surface area contributed by atoms with Gasteiger partial charge in [-0.1, -0.05) is 17.7 Å². The molecular weight excluding hydrogens is 330 g/mol. The van der Waals surface area contributed by atoms with Gasteiger partial charge in [0.25, 0.3) is 5.56 Å². The highest BCUT2D eigenvalue weighted by molar-refractivity contribution is 6.30. The summed E-state index contributed by atoms with van der Waals surface area (Å²) in [6.07, 6.45) is 0. The van der Waals surface area contributed by atoms with E-state index in [1.165, 1.54) is 6.07 Å². The van der Waals surface area contributed by atoms with Crippen LogP contribution in [0.1, 0.15) is 5.69 Å². The standard InChI is InChI=1S/C18H14ClNO4/c19-13-4-6-16(7-5-13)24-17-10-8-15(9-11-17)23-12-14-2-1-3-18(21)20(14)22/h1-11,22H,12H2. The smallest absolute Gasteiger partial charge is 0.283 e. The fraction of sp³-hybridized carbons (Fsp3) is 0.0556. The summed E-state index contributed by atoms with van der Waals surface area (Å²) in [5.74, 6) is 1.93. The van der Waals surface area contributed by atoms with Gasteiger partial charge in [-0.3, -0.25) is 4.79 Å². The number of rotatable bonds is 5. The third kappa shape index (κ3) is 3.88. The van der Waals surface area contributed by atoms with Crippen molar-refractivity contribution in [3.8, 4) is 17.2 Å². The van der Waals surface area contributed by atoms with Crippen LogP contribution in [0.25, 0.3) is 0 Å². The lowest BCUT2D eigenvalue weighted by molar-refractivity contribution is 0.148. The average molecular weight is 344 g/mol. The van der Waals surface area contributed by atoms with E-state index in [2.05, 4.69) is 0 Å². The van der Waals surface area contributed by atoms with Gasteiger partial charge in [0.15, 0.2) is 0 Å². The molecule has 5 nitrogen and oxygen atoms in total. The number of aromatic nitrogens is 1. The first-order valence-electron chi connectivity index (χ1n) is 7.18. The summed E-state index contributed by atoms with van der Waals surface area (Å²) in [6.45, 7) is 0.0734. The Morgan fingerprint density at radius 2 is 1.46 bits per heavy atom. The third-order valence-corrected chi connectivity index (χ3v) is 3.52. The third-order valence-electron chi connectivity index (χ3n) is 3.27. The molecular formula is C18H14ClNO4. The molecule has 0 radical (unpaired) electrons. The summed E-state index contributed by atoms with van der Waals surface area (Å²) in [6, 6.07) is 18.5. The Morgan fingerprint density at radius 1 is 0.875 bits per heavy atom. The minimum atomic E-state index is -0.497. The molecule has 0 aliphatic carbocycles. The summed E-state index contributed by atoms with van der Waals surface area (Å²) in [7, 11) is 0. The van der Waals surface area contributed by atoms with Gasteiger partial charge >= 0.3 is 0 Å². The molecule has 0 aliphatic rings. The van der Waals surface area contributed by atoms with Gasteiger partial charge in [-0.05, 0) is 54.6 Å². The molecule has 6 heteroatoms. The second kappa shape index (κ2) is 7.10. The number of benzene rings is 2. The summed E-state index contributed by atoms with van der Waals surface area (Å²) < 4.78 is 11.8. The molecule has 0 amide bonds. The fourth-order valence-electron chi connectivity index (χ4n) is 2.03. The SMILES string of the molecule is O=c1cccc(COc2ccc(Oc3ccc(Cl)cc3)cc2)n1O. The van der Waals surface area contributed by atoms with Crippen molar-refractivity contribution in [1.82, 2.24) is 4.73 Å². The van der Waals surface area contributed by atoms with Crippen molar-refractivity contribution < 1.29 is 14.7 Å². The van der Waals surface area contributed by atoms with Crippen molar-refractivity contribution in [1.29, 1.82) is 0 Å². The molecule has 2 aromatic carbocycles. The molecule has 0 saturated heterocycles. The van der Waals surface area contributed by atoms with Gasteiger partial charge in [0.2, 0.25) is 0 Å². The van der Waals surface area contributed by atoms with E-state index < -0.39 is 5.56 Å². The molecule has 24 heavy (non-hydrogen) atoms. The molecule has 1 aromatic heterocycles. The molecule has 0 aliphatic heterocycles. The van der Waals surface area contributed by atoms with Gasteiger partial charge in [0, 0.05) is 11.1 Å². The molecule has 1 heterocycles. The summed E-state index contributed by atoms with van der Waals surface area (Å²) in [5, 5.41) is 10.2. The van der Waals surface area contributed by atoms with Crippen LogP contribution in [0, 0.1) is 0 Å². The fourth-order valence-corrected chi connectivity index (χ4v) is 2.16. The van der Waals surface area contributed by atoms with Gasteiger partial charge in [-0.25, -0.2) is 0 Å². The summed E-state index contributed by atoms with van der Waals surface area (Å²) >= 11 is 5.83. The minimum Gasteiger partial charge on any atom is -0.487 e. The number of hydrogen-bond donors (Lipinski definition) is 1. The topological polar surface area (TPSA) is 60.7 Å². The molecule has 0 atom stereocenters. The van der Waals surface area contributed by atoms with Crippen molar-refractivity contribution in [2.45, 2.75) is 6.61 Å². The maximum atomic E-state index is 11.3. The van der Waals surface area contributed by atoms with Crippen molar-refractivity contribution in [2.75, 3.05) is 0 Å². The van der Waals surface area contributed by atoms with Crippen molar-refractivity contribution in [3.63, 3.8) is 0 Å². The van der Waals surface area contributed by atoms with Crippen molar-refractivity contribution in [3.05, 3.63) is 87.8 Å². The maximum Gasteiger partial charge on any atom is 0.283 e. The number of halogens is 1. The zero-order valence-corrected chi connectivity index (χ0v) is 13.3. The van der Waals surface area contributed by atoms with Gasteiger partial charge in [-0.2, -0.15) is 0 Å². The van der Waals surface area contributed by atoms with Crippen molar-refractivity contribution >= 4 is 11.6 Å². The molecule has 0 fully saturated rings. The second-order valence-corrected chi connectivity index (χ2v) is 5.42. The Kier molecular flexibility index (Phi) is 4.72.